The highest BCUT2D eigenvalue weighted by atomic mass is 19.4. The van der Waals surface area contributed by atoms with Crippen molar-refractivity contribution in [3.05, 3.63) is 65.2 Å². The second kappa shape index (κ2) is 14.4. The molecule has 0 saturated carbocycles. The van der Waals surface area contributed by atoms with Gasteiger partial charge in [-0.15, -0.1) is 0 Å². The van der Waals surface area contributed by atoms with E-state index in [2.05, 4.69) is 17.1 Å². The third-order valence-corrected chi connectivity index (χ3v) is 9.02. The first-order valence-corrected chi connectivity index (χ1v) is 15.7. The fourth-order valence-corrected chi connectivity index (χ4v) is 6.47. The molecule has 11 heteroatoms. The molecule has 0 radical (unpaired) electrons. The van der Waals surface area contributed by atoms with E-state index in [0.29, 0.717) is 17.0 Å². The van der Waals surface area contributed by atoms with Crippen LogP contribution in [0.2, 0.25) is 0 Å². The molecular weight excluding hydrogens is 575 g/mol. The summed E-state index contributed by atoms with van der Waals surface area (Å²) in [5.74, 6) is -2.58. The molecular formula is C33H42F3N3O5. The number of aliphatic hydroxyl groups is 1. The lowest BCUT2D eigenvalue weighted by atomic mass is 9.89. The molecule has 3 aliphatic heterocycles. The Bertz CT molecular complexity index is 1250. The van der Waals surface area contributed by atoms with E-state index in [1.165, 1.54) is 32.1 Å². The highest BCUT2D eigenvalue weighted by molar-refractivity contribution is 5.98. The molecule has 44 heavy (non-hydrogen) atoms. The van der Waals surface area contributed by atoms with Crippen LogP contribution >= 0.6 is 0 Å². The van der Waals surface area contributed by atoms with Crippen LogP contribution in [0.1, 0.15) is 81.0 Å². The van der Waals surface area contributed by atoms with Gasteiger partial charge in [0.15, 0.2) is 6.29 Å². The number of alkyl halides is 3. The van der Waals surface area contributed by atoms with Crippen LogP contribution in [0.3, 0.4) is 0 Å². The number of hydrogen-bond donors (Lipinski definition) is 2. The molecule has 2 aromatic carbocycles. The molecule has 0 unspecified atom stereocenters. The second-order valence-electron chi connectivity index (χ2n) is 12.2. The Morgan fingerprint density at radius 3 is 2.16 bits per heavy atom. The highest BCUT2D eigenvalue weighted by Crippen LogP contribution is 2.42. The van der Waals surface area contributed by atoms with Crippen LogP contribution in [-0.4, -0.2) is 71.2 Å². The number of hydrogen-bond acceptors (Lipinski definition) is 6. The van der Waals surface area contributed by atoms with E-state index in [-0.39, 0.29) is 37.7 Å². The Balaban J connectivity index is 1.30. The maximum atomic E-state index is 13.0. The minimum Gasteiger partial charge on any atom is -0.392 e. The number of ether oxygens (including phenoxy) is 2. The lowest BCUT2D eigenvalue weighted by Crippen LogP contribution is -2.48. The number of amides is 2. The molecule has 0 spiro atoms. The van der Waals surface area contributed by atoms with Crippen molar-refractivity contribution in [3.8, 4) is 0 Å². The van der Waals surface area contributed by atoms with Crippen LogP contribution in [0.25, 0.3) is 0 Å². The van der Waals surface area contributed by atoms with E-state index in [1.54, 1.807) is 24.3 Å². The van der Waals surface area contributed by atoms with Gasteiger partial charge in [0.1, 0.15) is 6.04 Å². The summed E-state index contributed by atoms with van der Waals surface area (Å²) in [6.45, 7) is 4.86. The van der Waals surface area contributed by atoms with Crippen molar-refractivity contribution in [1.82, 2.24) is 9.80 Å². The molecule has 3 heterocycles. The zero-order chi connectivity index (χ0) is 31.3. The largest absolute Gasteiger partial charge is 0.471 e. The Morgan fingerprint density at radius 2 is 1.52 bits per heavy atom. The van der Waals surface area contributed by atoms with Gasteiger partial charge in [-0.1, -0.05) is 62.6 Å². The normalized spacial score (nSPS) is 27.0. The third-order valence-electron chi connectivity index (χ3n) is 9.02. The smallest absolute Gasteiger partial charge is 0.392 e. The number of rotatable bonds is 7. The van der Waals surface area contributed by atoms with E-state index in [1.807, 2.05) is 24.3 Å². The molecule has 2 aromatic rings. The van der Waals surface area contributed by atoms with E-state index in [0.717, 1.165) is 36.3 Å². The first kappa shape index (κ1) is 32.4. The van der Waals surface area contributed by atoms with Gasteiger partial charge in [-0.2, -0.15) is 13.2 Å². The van der Waals surface area contributed by atoms with Crippen LogP contribution in [0.5, 0.6) is 0 Å². The van der Waals surface area contributed by atoms with Gasteiger partial charge in [0.25, 0.3) is 0 Å². The topological polar surface area (TPSA) is 91.3 Å². The summed E-state index contributed by atoms with van der Waals surface area (Å²) in [4.78, 5) is 27.8. The van der Waals surface area contributed by atoms with Crippen molar-refractivity contribution in [3.63, 3.8) is 0 Å². The standard InChI is InChI=1S/C33H42F3N3O5/c1-22-28(20-38-17-5-3-2-4-6-18-38)43-31(44-29(22)24-11-9-23(21-40)10-12-24)25-13-15-26(16-14-25)37-30(41)27-8-7-19-39(27)32(42)33(34,35)36/h9-16,22,27-29,31,40H,2-8,17-21H2,1H3,(H,37,41)/t22-,27+,28+,29+,31+/m1/s1. The predicted octanol–water partition coefficient (Wildman–Crippen LogP) is 5.73. The lowest BCUT2D eigenvalue weighted by molar-refractivity contribution is -0.276. The first-order valence-electron chi connectivity index (χ1n) is 15.7. The van der Waals surface area contributed by atoms with Crippen molar-refractivity contribution in [2.45, 2.75) is 89.2 Å². The number of benzene rings is 2. The molecule has 2 amide bonds. The molecule has 8 nitrogen and oxygen atoms in total. The van der Waals surface area contributed by atoms with E-state index in [9.17, 15) is 27.9 Å². The van der Waals surface area contributed by atoms with Crippen LogP contribution in [0, 0.1) is 5.92 Å². The van der Waals surface area contributed by atoms with Gasteiger partial charge < -0.3 is 29.7 Å². The van der Waals surface area contributed by atoms with Crippen LogP contribution in [-0.2, 0) is 25.7 Å². The molecule has 3 aliphatic rings. The molecule has 0 aliphatic carbocycles. The number of nitrogens with zero attached hydrogens (tertiary/aromatic N) is 2. The van der Waals surface area contributed by atoms with Gasteiger partial charge in [0.05, 0.1) is 18.8 Å². The number of anilines is 1. The Kier molecular flexibility index (Phi) is 10.6. The third kappa shape index (κ3) is 7.80. The first-order chi connectivity index (χ1) is 21.1. The number of nitrogens with one attached hydrogen (secondary N) is 1. The SMILES string of the molecule is C[C@@H]1[C@H](CN2CCCCCCC2)O[C@H](c2ccc(NC(=O)[C@@H]3CCCN3C(=O)C(F)(F)F)cc2)O[C@@H]1c1ccc(CO)cc1. The summed E-state index contributed by atoms with van der Waals surface area (Å²) in [6.07, 6.45) is 0.558. The number of aliphatic hydroxyl groups excluding tert-OH is 1. The van der Waals surface area contributed by atoms with Crippen molar-refractivity contribution in [2.75, 3.05) is 31.5 Å². The molecule has 0 aromatic heterocycles. The summed E-state index contributed by atoms with van der Waals surface area (Å²) in [5, 5.41) is 12.2. The highest BCUT2D eigenvalue weighted by Gasteiger charge is 2.47. The van der Waals surface area contributed by atoms with Gasteiger partial charge in [-0.25, -0.2) is 0 Å². The average Bonchev–Trinajstić information content (AvgIpc) is 3.49. The molecule has 5 atom stereocenters. The summed E-state index contributed by atoms with van der Waals surface area (Å²) >= 11 is 0. The van der Waals surface area contributed by atoms with Gasteiger partial charge in [-0.05, 0) is 62.0 Å². The Morgan fingerprint density at radius 1 is 0.886 bits per heavy atom. The summed E-state index contributed by atoms with van der Waals surface area (Å²) in [6, 6.07) is 13.5. The van der Waals surface area contributed by atoms with Crippen LogP contribution in [0.4, 0.5) is 18.9 Å². The van der Waals surface area contributed by atoms with Gasteiger partial charge in [-0.3, -0.25) is 9.59 Å². The van der Waals surface area contributed by atoms with E-state index < -0.39 is 30.3 Å². The second-order valence-corrected chi connectivity index (χ2v) is 12.2. The minimum absolute atomic E-state index is 0.0367. The average molecular weight is 618 g/mol. The van der Waals surface area contributed by atoms with E-state index >= 15 is 0 Å². The maximum absolute atomic E-state index is 13.0. The monoisotopic (exact) mass is 617 g/mol. The maximum Gasteiger partial charge on any atom is 0.471 e. The lowest BCUT2D eigenvalue weighted by Gasteiger charge is -2.43. The van der Waals surface area contributed by atoms with Crippen LogP contribution in [0.15, 0.2) is 48.5 Å². The van der Waals surface area contributed by atoms with Crippen molar-refractivity contribution >= 4 is 17.5 Å². The molecule has 0 bridgehead atoms. The number of carbonyl (C=O) groups is 2. The molecule has 3 fully saturated rings. The van der Waals surface area contributed by atoms with Gasteiger partial charge >= 0.3 is 12.1 Å². The Labute approximate surface area is 256 Å². The van der Waals surface area contributed by atoms with Gasteiger partial charge in [0, 0.05) is 30.3 Å². The minimum atomic E-state index is -5.02. The molecule has 5 rings (SSSR count). The summed E-state index contributed by atoms with van der Waals surface area (Å²) in [7, 11) is 0. The molecule has 240 valence electrons. The number of likely N-dealkylation sites (tertiary alicyclic amines) is 2. The fraction of sp³-hybridized carbons (Fsp3) is 0.576. The number of carbonyl (C=O) groups excluding carboxylic acids is 2. The van der Waals surface area contributed by atoms with Crippen molar-refractivity contribution in [1.29, 1.82) is 0 Å². The summed E-state index contributed by atoms with van der Waals surface area (Å²) < 4.78 is 52.2. The quantitative estimate of drug-likeness (QED) is 0.413. The van der Waals surface area contributed by atoms with E-state index in [4.69, 9.17) is 9.47 Å². The van der Waals surface area contributed by atoms with Crippen molar-refractivity contribution in [2.24, 2.45) is 5.92 Å². The van der Waals surface area contributed by atoms with Crippen molar-refractivity contribution < 1.29 is 37.3 Å². The zero-order valence-electron chi connectivity index (χ0n) is 25.1. The predicted molar refractivity (Wildman–Crippen MR) is 158 cm³/mol. The van der Waals surface area contributed by atoms with Gasteiger partial charge in [0.2, 0.25) is 5.91 Å². The fourth-order valence-electron chi connectivity index (χ4n) is 6.47. The molecule has 2 N–H and O–H groups in total. The van der Waals surface area contributed by atoms with Crippen LogP contribution < -0.4 is 5.32 Å². The molecule has 3 saturated heterocycles. The zero-order valence-corrected chi connectivity index (χ0v) is 25.1. The Hall–Kier alpha value is -2.99. The summed E-state index contributed by atoms with van der Waals surface area (Å²) in [5.41, 5.74) is 2.98. The number of halogens is 3.